The minimum atomic E-state index is -0.372. The van der Waals surface area contributed by atoms with E-state index in [1.807, 2.05) is 0 Å². The maximum absolute atomic E-state index is 13.0. The predicted molar refractivity (Wildman–Crippen MR) is 83.4 cm³/mol. The molecule has 0 radical (unpaired) electrons. The first-order valence-corrected chi connectivity index (χ1v) is 7.25. The third-order valence-corrected chi connectivity index (χ3v) is 3.90. The van der Waals surface area contributed by atoms with Crippen molar-refractivity contribution in [1.29, 1.82) is 0 Å². The van der Waals surface area contributed by atoms with E-state index in [1.165, 1.54) is 18.2 Å². The van der Waals surface area contributed by atoms with Crippen molar-refractivity contribution in [3.8, 4) is 0 Å². The standard InChI is InChI=1S/C13H8Br2FNOS/c14-7-1-3-9(12(19)5-7)13(18)17-11-4-2-8(16)6-10(11)15/h1-6,19H,(H,17,18). The fourth-order valence-electron chi connectivity index (χ4n) is 1.48. The van der Waals surface area contributed by atoms with E-state index in [-0.39, 0.29) is 11.7 Å². The molecule has 0 heterocycles. The minimum absolute atomic E-state index is 0.301. The lowest BCUT2D eigenvalue weighted by atomic mass is 10.2. The molecule has 0 saturated carbocycles. The van der Waals surface area contributed by atoms with Crippen LogP contribution in [0.4, 0.5) is 10.1 Å². The number of hydrogen-bond acceptors (Lipinski definition) is 2. The summed E-state index contributed by atoms with van der Waals surface area (Å²) >= 11 is 10.8. The summed E-state index contributed by atoms with van der Waals surface area (Å²) in [5.41, 5.74) is 0.949. The van der Waals surface area contributed by atoms with Gasteiger partial charge < -0.3 is 5.32 Å². The van der Waals surface area contributed by atoms with Crippen LogP contribution in [0, 0.1) is 5.82 Å². The molecule has 98 valence electrons. The summed E-state index contributed by atoms with van der Waals surface area (Å²) in [6.45, 7) is 0. The molecule has 0 aliphatic heterocycles. The molecule has 0 fully saturated rings. The van der Waals surface area contributed by atoms with Gasteiger partial charge in [-0.15, -0.1) is 12.6 Å². The van der Waals surface area contributed by atoms with Gasteiger partial charge in [0.15, 0.2) is 0 Å². The summed E-state index contributed by atoms with van der Waals surface area (Å²) < 4.78 is 14.3. The first-order chi connectivity index (χ1) is 8.97. The van der Waals surface area contributed by atoms with Crippen LogP contribution in [0.15, 0.2) is 50.2 Å². The summed E-state index contributed by atoms with van der Waals surface area (Å²) in [6, 6.07) is 9.22. The summed E-state index contributed by atoms with van der Waals surface area (Å²) in [7, 11) is 0. The molecule has 2 aromatic rings. The van der Waals surface area contributed by atoms with E-state index < -0.39 is 0 Å². The van der Waals surface area contributed by atoms with Gasteiger partial charge in [0.25, 0.3) is 5.91 Å². The number of benzene rings is 2. The lowest BCUT2D eigenvalue weighted by molar-refractivity contribution is 0.102. The Bertz CT molecular complexity index is 649. The number of halogens is 3. The Labute approximate surface area is 132 Å². The van der Waals surface area contributed by atoms with E-state index in [9.17, 15) is 9.18 Å². The van der Waals surface area contributed by atoms with Crippen molar-refractivity contribution < 1.29 is 9.18 Å². The van der Waals surface area contributed by atoms with E-state index in [1.54, 1.807) is 18.2 Å². The molecule has 0 aliphatic carbocycles. The van der Waals surface area contributed by atoms with Crippen molar-refractivity contribution in [1.82, 2.24) is 0 Å². The first kappa shape index (κ1) is 14.6. The number of nitrogens with one attached hydrogen (secondary N) is 1. The van der Waals surface area contributed by atoms with E-state index >= 15 is 0 Å². The molecule has 2 aromatic carbocycles. The number of carbonyl (C=O) groups excluding carboxylic acids is 1. The van der Waals surface area contributed by atoms with Gasteiger partial charge in [0.1, 0.15) is 5.82 Å². The van der Waals surface area contributed by atoms with Crippen molar-refractivity contribution in [3.63, 3.8) is 0 Å². The molecule has 19 heavy (non-hydrogen) atoms. The highest BCUT2D eigenvalue weighted by atomic mass is 79.9. The van der Waals surface area contributed by atoms with Crippen LogP contribution >= 0.6 is 44.5 Å². The minimum Gasteiger partial charge on any atom is -0.321 e. The molecular formula is C13H8Br2FNOS. The Morgan fingerprint density at radius 2 is 1.89 bits per heavy atom. The van der Waals surface area contributed by atoms with Crippen LogP contribution in [0.5, 0.6) is 0 Å². The Morgan fingerprint density at radius 3 is 2.53 bits per heavy atom. The Morgan fingerprint density at radius 1 is 1.16 bits per heavy atom. The average molecular weight is 405 g/mol. The van der Waals surface area contributed by atoms with E-state index in [2.05, 4.69) is 49.8 Å². The number of anilines is 1. The van der Waals surface area contributed by atoms with E-state index in [4.69, 9.17) is 0 Å². The Balaban J connectivity index is 2.25. The number of thiol groups is 1. The maximum Gasteiger partial charge on any atom is 0.256 e. The van der Waals surface area contributed by atoms with Gasteiger partial charge in [-0.3, -0.25) is 4.79 Å². The van der Waals surface area contributed by atoms with Gasteiger partial charge in [-0.25, -0.2) is 4.39 Å². The predicted octanol–water partition coefficient (Wildman–Crippen LogP) is 4.89. The van der Waals surface area contributed by atoms with Gasteiger partial charge >= 0.3 is 0 Å². The number of amides is 1. The molecule has 0 aliphatic rings. The van der Waals surface area contributed by atoms with Gasteiger partial charge in [-0.1, -0.05) is 15.9 Å². The molecule has 0 atom stereocenters. The SMILES string of the molecule is O=C(Nc1ccc(F)cc1Br)c1ccc(Br)cc1S. The quantitative estimate of drug-likeness (QED) is 0.685. The molecule has 0 aromatic heterocycles. The highest BCUT2D eigenvalue weighted by molar-refractivity contribution is 9.10. The van der Waals surface area contributed by atoms with E-state index in [0.29, 0.717) is 20.6 Å². The van der Waals surface area contributed by atoms with Crippen molar-refractivity contribution in [2.45, 2.75) is 4.90 Å². The van der Waals surface area contributed by atoms with Crippen LogP contribution in [0.2, 0.25) is 0 Å². The van der Waals surface area contributed by atoms with Crippen molar-refractivity contribution in [2.24, 2.45) is 0 Å². The molecular weight excluding hydrogens is 397 g/mol. The molecule has 0 bridgehead atoms. The third-order valence-electron chi connectivity index (χ3n) is 2.38. The topological polar surface area (TPSA) is 29.1 Å². The van der Waals surface area contributed by atoms with Crippen LogP contribution in [-0.2, 0) is 0 Å². The highest BCUT2D eigenvalue weighted by Gasteiger charge is 2.12. The van der Waals surface area contributed by atoms with Crippen molar-refractivity contribution >= 4 is 56.1 Å². The Hall–Kier alpha value is -0.850. The Kier molecular flexibility index (Phi) is 4.65. The zero-order valence-corrected chi connectivity index (χ0v) is 13.5. The van der Waals surface area contributed by atoms with Crippen LogP contribution in [-0.4, -0.2) is 5.91 Å². The molecule has 0 spiro atoms. The largest absolute Gasteiger partial charge is 0.321 e. The van der Waals surface area contributed by atoms with Gasteiger partial charge in [-0.2, -0.15) is 0 Å². The van der Waals surface area contributed by atoms with Crippen LogP contribution < -0.4 is 5.32 Å². The molecule has 6 heteroatoms. The normalized spacial score (nSPS) is 10.3. The van der Waals surface area contributed by atoms with Crippen LogP contribution in [0.3, 0.4) is 0 Å². The van der Waals surface area contributed by atoms with Gasteiger partial charge in [-0.05, 0) is 52.3 Å². The smallest absolute Gasteiger partial charge is 0.256 e. The second kappa shape index (κ2) is 6.07. The van der Waals surface area contributed by atoms with Crippen molar-refractivity contribution in [3.05, 3.63) is 56.7 Å². The molecule has 1 amide bonds. The lowest BCUT2D eigenvalue weighted by Gasteiger charge is -2.09. The second-order valence-corrected chi connectivity index (χ2v) is 5.99. The molecule has 2 rings (SSSR count). The molecule has 2 nitrogen and oxygen atoms in total. The second-order valence-electron chi connectivity index (χ2n) is 3.74. The van der Waals surface area contributed by atoms with Gasteiger partial charge in [0, 0.05) is 13.8 Å². The zero-order valence-electron chi connectivity index (χ0n) is 9.45. The summed E-state index contributed by atoms with van der Waals surface area (Å²) in [5, 5.41) is 2.70. The fourth-order valence-corrected chi connectivity index (χ4v) is 2.78. The highest BCUT2D eigenvalue weighted by Crippen LogP contribution is 2.25. The summed E-state index contributed by atoms with van der Waals surface area (Å²) in [4.78, 5) is 12.7. The average Bonchev–Trinajstić information content (AvgIpc) is 2.32. The lowest BCUT2D eigenvalue weighted by Crippen LogP contribution is -2.13. The molecule has 0 unspecified atom stereocenters. The maximum atomic E-state index is 13.0. The molecule has 0 saturated heterocycles. The van der Waals surface area contributed by atoms with Crippen LogP contribution in [0.25, 0.3) is 0 Å². The molecule has 1 N–H and O–H groups in total. The first-order valence-electron chi connectivity index (χ1n) is 5.22. The monoisotopic (exact) mass is 403 g/mol. The van der Waals surface area contributed by atoms with Gasteiger partial charge in [0.05, 0.1) is 11.3 Å². The number of rotatable bonds is 2. The third kappa shape index (κ3) is 3.58. The van der Waals surface area contributed by atoms with E-state index in [0.717, 1.165) is 4.47 Å². The number of carbonyl (C=O) groups is 1. The van der Waals surface area contributed by atoms with Gasteiger partial charge in [0.2, 0.25) is 0 Å². The number of hydrogen-bond donors (Lipinski definition) is 2. The summed E-state index contributed by atoms with van der Waals surface area (Å²) in [6.07, 6.45) is 0. The fraction of sp³-hybridized carbons (Fsp3) is 0. The summed E-state index contributed by atoms with van der Waals surface area (Å²) in [5.74, 6) is -0.673. The zero-order chi connectivity index (χ0) is 14.0. The van der Waals surface area contributed by atoms with Crippen molar-refractivity contribution in [2.75, 3.05) is 5.32 Å². The van der Waals surface area contributed by atoms with Crippen LogP contribution in [0.1, 0.15) is 10.4 Å².